The molecule has 134 valence electrons. The number of nitrogens with two attached hydrogens (primary N) is 2. The number of carbonyl (C=O) groups excluding carboxylic acids is 1. The van der Waals surface area contributed by atoms with E-state index in [2.05, 4.69) is 42.2 Å². The summed E-state index contributed by atoms with van der Waals surface area (Å²) in [5.74, 6) is 0.0950. The standard InChI is InChI=1S/C17H14Br2N4OS2/c18-9-5-6-10(11(19)7-9)15-16(26-17(21)23-15)25-8-14(24)22-13-4-2-1-3-12(13)20/h1-7H,8,20H2,(H2,21,23)(H,22,24). The molecule has 0 radical (unpaired) electrons. The minimum absolute atomic E-state index is 0.138. The molecule has 2 aromatic carbocycles. The highest BCUT2D eigenvalue weighted by molar-refractivity contribution is 9.11. The number of anilines is 3. The highest BCUT2D eigenvalue weighted by Gasteiger charge is 2.16. The van der Waals surface area contributed by atoms with Crippen molar-refractivity contribution in [3.63, 3.8) is 0 Å². The Morgan fingerprint density at radius 1 is 1.19 bits per heavy atom. The van der Waals surface area contributed by atoms with Gasteiger partial charge in [0, 0.05) is 14.5 Å². The van der Waals surface area contributed by atoms with Gasteiger partial charge in [-0.2, -0.15) is 0 Å². The van der Waals surface area contributed by atoms with E-state index < -0.39 is 0 Å². The average Bonchev–Trinajstić information content (AvgIpc) is 2.95. The Morgan fingerprint density at radius 3 is 2.69 bits per heavy atom. The molecular formula is C17H14Br2N4OS2. The maximum atomic E-state index is 12.3. The Kier molecular flexibility index (Phi) is 6.23. The third kappa shape index (κ3) is 4.59. The van der Waals surface area contributed by atoms with Crippen LogP contribution in [-0.2, 0) is 4.79 Å². The number of hydrogen-bond acceptors (Lipinski definition) is 6. The molecule has 1 amide bonds. The van der Waals surface area contributed by atoms with E-state index in [9.17, 15) is 4.79 Å². The number of para-hydroxylation sites is 2. The van der Waals surface area contributed by atoms with Crippen molar-refractivity contribution in [1.29, 1.82) is 0 Å². The van der Waals surface area contributed by atoms with Crippen molar-refractivity contribution < 1.29 is 4.79 Å². The summed E-state index contributed by atoms with van der Waals surface area (Å²) in [6, 6.07) is 13.0. The zero-order valence-electron chi connectivity index (χ0n) is 13.3. The van der Waals surface area contributed by atoms with E-state index in [4.69, 9.17) is 11.5 Å². The van der Waals surface area contributed by atoms with Crippen molar-refractivity contribution in [2.75, 3.05) is 22.5 Å². The summed E-state index contributed by atoms with van der Waals surface area (Å²) in [5, 5.41) is 3.28. The van der Waals surface area contributed by atoms with Crippen molar-refractivity contribution >= 4 is 77.4 Å². The van der Waals surface area contributed by atoms with Gasteiger partial charge in [-0.25, -0.2) is 4.98 Å². The Morgan fingerprint density at radius 2 is 1.96 bits per heavy atom. The molecule has 0 fully saturated rings. The molecule has 0 unspecified atom stereocenters. The minimum Gasteiger partial charge on any atom is -0.397 e. The third-order valence-corrected chi connectivity index (χ3v) is 6.66. The lowest BCUT2D eigenvalue weighted by atomic mass is 10.2. The van der Waals surface area contributed by atoms with Gasteiger partial charge in [-0.05, 0) is 24.3 Å². The van der Waals surface area contributed by atoms with Crippen molar-refractivity contribution in [3.8, 4) is 11.3 Å². The van der Waals surface area contributed by atoms with Crippen LogP contribution in [0.25, 0.3) is 11.3 Å². The molecule has 3 rings (SSSR count). The smallest absolute Gasteiger partial charge is 0.234 e. The second kappa shape index (κ2) is 8.43. The van der Waals surface area contributed by atoms with Gasteiger partial charge in [0.15, 0.2) is 5.13 Å². The van der Waals surface area contributed by atoms with E-state index in [0.29, 0.717) is 16.5 Å². The molecule has 9 heteroatoms. The summed E-state index contributed by atoms with van der Waals surface area (Å²) in [6.07, 6.45) is 0. The second-order valence-electron chi connectivity index (χ2n) is 5.24. The summed E-state index contributed by atoms with van der Waals surface area (Å²) < 4.78 is 2.76. The maximum Gasteiger partial charge on any atom is 0.234 e. The topological polar surface area (TPSA) is 94.0 Å². The molecule has 26 heavy (non-hydrogen) atoms. The fourth-order valence-corrected chi connectivity index (χ4v) is 5.31. The van der Waals surface area contributed by atoms with E-state index >= 15 is 0 Å². The monoisotopic (exact) mass is 512 g/mol. The number of amides is 1. The first-order chi connectivity index (χ1) is 12.4. The van der Waals surface area contributed by atoms with Crippen LogP contribution in [0.4, 0.5) is 16.5 Å². The van der Waals surface area contributed by atoms with Gasteiger partial charge in [0.1, 0.15) is 0 Å². The van der Waals surface area contributed by atoms with Crippen molar-refractivity contribution in [1.82, 2.24) is 4.98 Å². The van der Waals surface area contributed by atoms with Crippen molar-refractivity contribution in [2.45, 2.75) is 4.21 Å². The molecule has 0 aliphatic rings. The van der Waals surface area contributed by atoms with Crippen molar-refractivity contribution in [2.24, 2.45) is 0 Å². The highest BCUT2D eigenvalue weighted by Crippen LogP contribution is 2.40. The van der Waals surface area contributed by atoms with Gasteiger partial charge in [0.05, 0.1) is 27.0 Å². The zero-order valence-corrected chi connectivity index (χ0v) is 18.1. The first-order valence-corrected chi connectivity index (χ1v) is 10.8. The summed E-state index contributed by atoms with van der Waals surface area (Å²) in [4.78, 5) is 16.7. The lowest BCUT2D eigenvalue weighted by molar-refractivity contribution is -0.113. The van der Waals surface area contributed by atoms with E-state index in [-0.39, 0.29) is 11.7 Å². The Labute approximate surface area is 175 Å². The number of thiazole rings is 1. The van der Waals surface area contributed by atoms with Crippen LogP contribution >= 0.6 is 55.0 Å². The summed E-state index contributed by atoms with van der Waals surface area (Å²) >= 11 is 9.76. The number of benzene rings is 2. The van der Waals surface area contributed by atoms with Gasteiger partial charge in [-0.15, -0.1) is 11.8 Å². The molecule has 1 aromatic heterocycles. The quantitative estimate of drug-likeness (QED) is 0.320. The molecule has 0 aliphatic heterocycles. The van der Waals surface area contributed by atoms with Gasteiger partial charge in [-0.3, -0.25) is 4.79 Å². The lowest BCUT2D eigenvalue weighted by Crippen LogP contribution is -2.15. The first-order valence-electron chi connectivity index (χ1n) is 7.43. The van der Waals surface area contributed by atoms with Crippen LogP contribution < -0.4 is 16.8 Å². The van der Waals surface area contributed by atoms with E-state index in [1.807, 2.05) is 30.3 Å². The predicted octanol–water partition coefficient (Wildman–Crippen LogP) is 5.23. The summed E-state index contributed by atoms with van der Waals surface area (Å²) in [7, 11) is 0. The SMILES string of the molecule is Nc1nc(-c2ccc(Br)cc2Br)c(SCC(=O)Nc2ccccc2N)s1. The number of rotatable bonds is 5. The maximum absolute atomic E-state index is 12.3. The number of aromatic nitrogens is 1. The molecule has 0 saturated heterocycles. The molecule has 1 heterocycles. The Bertz CT molecular complexity index is 962. The number of hydrogen-bond donors (Lipinski definition) is 3. The van der Waals surface area contributed by atoms with Crippen LogP contribution in [0, 0.1) is 0 Å². The van der Waals surface area contributed by atoms with Gasteiger partial charge in [0.25, 0.3) is 0 Å². The van der Waals surface area contributed by atoms with Crippen LogP contribution in [0.1, 0.15) is 0 Å². The first kappa shape index (κ1) is 19.2. The molecular weight excluding hydrogens is 500 g/mol. The molecule has 0 atom stereocenters. The number of nitrogens with one attached hydrogen (secondary N) is 1. The van der Waals surface area contributed by atoms with Crippen LogP contribution in [0.3, 0.4) is 0 Å². The van der Waals surface area contributed by atoms with E-state index in [0.717, 1.165) is 24.4 Å². The highest BCUT2D eigenvalue weighted by atomic mass is 79.9. The molecule has 3 aromatic rings. The summed E-state index contributed by atoms with van der Waals surface area (Å²) in [6.45, 7) is 0. The van der Waals surface area contributed by atoms with E-state index in [1.54, 1.807) is 12.1 Å². The molecule has 5 N–H and O–H groups in total. The van der Waals surface area contributed by atoms with Crippen LogP contribution in [0.5, 0.6) is 0 Å². The van der Waals surface area contributed by atoms with Gasteiger partial charge < -0.3 is 16.8 Å². The number of nitrogen functional groups attached to an aromatic ring is 2. The largest absolute Gasteiger partial charge is 0.397 e. The fraction of sp³-hybridized carbons (Fsp3) is 0.0588. The second-order valence-corrected chi connectivity index (χ2v) is 9.28. The third-order valence-electron chi connectivity index (χ3n) is 3.37. The van der Waals surface area contributed by atoms with Crippen LogP contribution in [-0.4, -0.2) is 16.6 Å². The molecule has 0 aliphatic carbocycles. The number of thioether (sulfide) groups is 1. The van der Waals surface area contributed by atoms with Gasteiger partial charge >= 0.3 is 0 Å². The van der Waals surface area contributed by atoms with Crippen LogP contribution in [0.15, 0.2) is 55.6 Å². The minimum atomic E-state index is -0.138. The lowest BCUT2D eigenvalue weighted by Gasteiger charge is -2.08. The van der Waals surface area contributed by atoms with Crippen molar-refractivity contribution in [3.05, 3.63) is 51.4 Å². The molecule has 0 bridgehead atoms. The average molecular weight is 514 g/mol. The zero-order chi connectivity index (χ0) is 18.7. The molecule has 5 nitrogen and oxygen atoms in total. The number of halogens is 2. The normalized spacial score (nSPS) is 10.7. The fourth-order valence-electron chi connectivity index (χ4n) is 2.20. The molecule has 0 spiro atoms. The summed E-state index contributed by atoms with van der Waals surface area (Å²) in [5.41, 5.74) is 14.6. The van der Waals surface area contributed by atoms with E-state index in [1.165, 1.54) is 23.1 Å². The van der Waals surface area contributed by atoms with Crippen LogP contribution in [0.2, 0.25) is 0 Å². The number of nitrogens with zero attached hydrogens (tertiary/aromatic N) is 1. The Hall–Kier alpha value is -1.55. The van der Waals surface area contributed by atoms with Gasteiger partial charge in [-0.1, -0.05) is 61.4 Å². The predicted molar refractivity (Wildman–Crippen MR) is 118 cm³/mol. The number of carbonyl (C=O) groups is 1. The molecule has 0 saturated carbocycles. The van der Waals surface area contributed by atoms with Gasteiger partial charge in [0.2, 0.25) is 5.91 Å². The Balaban J connectivity index is 1.74.